The van der Waals surface area contributed by atoms with Crippen LogP contribution in [0.1, 0.15) is 0 Å². The molecule has 4 heteroatoms. The lowest BCUT2D eigenvalue weighted by atomic mass is 9.99. The third-order valence-electron chi connectivity index (χ3n) is 10.6. The van der Waals surface area contributed by atoms with Crippen LogP contribution >= 0.6 is 0 Å². The number of para-hydroxylation sites is 2. The molecule has 252 valence electrons. The fourth-order valence-electron chi connectivity index (χ4n) is 7.96. The van der Waals surface area contributed by atoms with Crippen molar-refractivity contribution in [3.8, 4) is 50.6 Å². The van der Waals surface area contributed by atoms with E-state index in [2.05, 4.69) is 168 Å². The highest BCUT2D eigenvalue weighted by Crippen LogP contribution is 2.39. The van der Waals surface area contributed by atoms with Gasteiger partial charge in [-0.3, -0.25) is 0 Å². The van der Waals surface area contributed by atoms with Gasteiger partial charge in [-0.15, -0.1) is 0 Å². The van der Waals surface area contributed by atoms with E-state index in [9.17, 15) is 0 Å². The second-order valence-corrected chi connectivity index (χ2v) is 13.8. The van der Waals surface area contributed by atoms with Crippen LogP contribution in [-0.2, 0) is 0 Å². The van der Waals surface area contributed by atoms with Crippen molar-refractivity contribution in [2.45, 2.75) is 0 Å². The summed E-state index contributed by atoms with van der Waals surface area (Å²) in [5.41, 5.74) is 13.1. The number of benzene rings is 8. The van der Waals surface area contributed by atoms with Crippen LogP contribution in [0.2, 0.25) is 0 Å². The van der Waals surface area contributed by atoms with Crippen molar-refractivity contribution in [3.63, 3.8) is 0 Å². The molecule has 3 heterocycles. The molecule has 0 saturated carbocycles. The summed E-state index contributed by atoms with van der Waals surface area (Å²) in [4.78, 5) is 10.3. The summed E-state index contributed by atoms with van der Waals surface area (Å²) >= 11 is 0. The maximum Gasteiger partial charge on any atom is 0.180 e. The van der Waals surface area contributed by atoms with Crippen LogP contribution in [0, 0.1) is 0 Å². The number of fused-ring (bicyclic) bond motifs is 7. The van der Waals surface area contributed by atoms with E-state index in [1.54, 1.807) is 0 Å². The molecule has 4 nitrogen and oxygen atoms in total. The predicted molar refractivity (Wildman–Crippen MR) is 223 cm³/mol. The van der Waals surface area contributed by atoms with E-state index in [-0.39, 0.29) is 0 Å². The first-order valence-electron chi connectivity index (χ1n) is 18.2. The minimum Gasteiger partial charge on any atom is -0.452 e. The number of hydrogen-bond acceptors (Lipinski definition) is 3. The van der Waals surface area contributed by atoms with Crippen molar-refractivity contribution in [1.82, 2.24) is 14.5 Å². The Bertz CT molecular complexity index is 3160. The lowest BCUT2D eigenvalue weighted by Gasteiger charge is -2.10. The van der Waals surface area contributed by atoms with Gasteiger partial charge in [0.2, 0.25) is 0 Å². The summed E-state index contributed by atoms with van der Waals surface area (Å²) < 4.78 is 8.99. The minimum absolute atomic E-state index is 0.668. The third-order valence-corrected chi connectivity index (χ3v) is 10.6. The normalized spacial score (nSPS) is 11.7. The van der Waals surface area contributed by atoms with E-state index in [0.29, 0.717) is 11.4 Å². The minimum atomic E-state index is 0.668. The fraction of sp³-hybridized carbons (Fsp3) is 0. The summed E-state index contributed by atoms with van der Waals surface area (Å²) in [5.74, 6) is 0.668. The number of hydrogen-bond donors (Lipinski definition) is 0. The lowest BCUT2D eigenvalue weighted by molar-refractivity contribution is 0.667. The number of furan rings is 1. The number of rotatable bonds is 5. The van der Waals surface area contributed by atoms with Crippen LogP contribution in [-0.4, -0.2) is 14.5 Å². The second-order valence-electron chi connectivity index (χ2n) is 13.8. The molecule has 0 radical (unpaired) electrons. The highest BCUT2D eigenvalue weighted by molar-refractivity contribution is 6.10. The molecule has 8 aromatic carbocycles. The highest BCUT2D eigenvalue weighted by Gasteiger charge is 2.20. The Kier molecular flexibility index (Phi) is 6.82. The van der Waals surface area contributed by atoms with Gasteiger partial charge in [-0.2, -0.15) is 0 Å². The molecule has 0 spiro atoms. The van der Waals surface area contributed by atoms with Gasteiger partial charge in [-0.25, -0.2) is 9.97 Å². The van der Waals surface area contributed by atoms with Gasteiger partial charge in [0.25, 0.3) is 0 Å². The maximum absolute atomic E-state index is 6.62. The number of aromatic nitrogens is 3. The van der Waals surface area contributed by atoms with Crippen LogP contribution in [0.5, 0.6) is 0 Å². The zero-order chi connectivity index (χ0) is 35.6. The zero-order valence-corrected chi connectivity index (χ0v) is 29.1. The summed E-state index contributed by atoms with van der Waals surface area (Å²) in [6.45, 7) is 0. The Morgan fingerprint density at radius 3 is 1.76 bits per heavy atom. The molecule has 3 aromatic heterocycles. The molecule has 11 aromatic rings. The topological polar surface area (TPSA) is 43.9 Å². The highest BCUT2D eigenvalue weighted by atomic mass is 16.3. The van der Waals surface area contributed by atoms with E-state index in [4.69, 9.17) is 14.4 Å². The maximum atomic E-state index is 6.62. The van der Waals surface area contributed by atoms with Crippen LogP contribution < -0.4 is 0 Å². The van der Waals surface area contributed by atoms with Crippen LogP contribution in [0.4, 0.5) is 0 Å². The molecule has 0 amide bonds. The van der Waals surface area contributed by atoms with Crippen molar-refractivity contribution < 1.29 is 4.42 Å². The molecule has 0 bridgehead atoms. The Labute approximate surface area is 311 Å². The fourth-order valence-corrected chi connectivity index (χ4v) is 7.96. The quantitative estimate of drug-likeness (QED) is 0.181. The van der Waals surface area contributed by atoms with E-state index in [1.807, 2.05) is 24.3 Å². The SMILES string of the molecule is c1ccc(-c2cccc(-c3nc(-c4ccccc4)nc4c3oc3ccc(-c5ccc6cc(-n7c8ccccc8c8ccccc87)ccc6c5)cc34)c2)cc1. The third kappa shape index (κ3) is 4.92. The summed E-state index contributed by atoms with van der Waals surface area (Å²) in [6, 6.07) is 66.3. The van der Waals surface area contributed by atoms with Gasteiger partial charge >= 0.3 is 0 Å². The van der Waals surface area contributed by atoms with Crippen molar-refractivity contribution >= 4 is 54.6 Å². The lowest BCUT2D eigenvalue weighted by Crippen LogP contribution is -1.94. The molecule has 0 aliphatic heterocycles. The monoisotopic (exact) mass is 689 g/mol. The Balaban J connectivity index is 1.04. The van der Waals surface area contributed by atoms with Gasteiger partial charge in [-0.1, -0.05) is 140 Å². The Hall–Kier alpha value is -7.30. The largest absolute Gasteiger partial charge is 0.452 e. The molecule has 0 fully saturated rings. The average Bonchev–Trinajstić information content (AvgIpc) is 3.79. The molecule has 0 saturated heterocycles. The van der Waals surface area contributed by atoms with E-state index in [0.717, 1.165) is 61.2 Å². The summed E-state index contributed by atoms with van der Waals surface area (Å²) in [7, 11) is 0. The molecule has 0 unspecified atom stereocenters. The number of nitrogens with zero attached hydrogens (tertiary/aromatic N) is 3. The van der Waals surface area contributed by atoms with Gasteiger partial charge in [0.1, 0.15) is 16.8 Å². The first kappa shape index (κ1) is 30.3. The molecule has 0 aliphatic rings. The molecule has 0 N–H and O–H groups in total. The van der Waals surface area contributed by atoms with Crippen molar-refractivity contribution in [2.75, 3.05) is 0 Å². The molecular weight excluding hydrogens is 659 g/mol. The smallest absolute Gasteiger partial charge is 0.180 e. The molecule has 0 aliphatic carbocycles. The van der Waals surface area contributed by atoms with Gasteiger partial charge in [0.05, 0.1) is 11.0 Å². The second kappa shape index (κ2) is 12.1. The van der Waals surface area contributed by atoms with Crippen LogP contribution in [0.25, 0.3) is 105 Å². The Morgan fingerprint density at radius 2 is 0.981 bits per heavy atom. The summed E-state index contributed by atoms with van der Waals surface area (Å²) in [6.07, 6.45) is 0. The molecule has 0 atom stereocenters. The van der Waals surface area contributed by atoms with Crippen molar-refractivity contribution in [3.05, 3.63) is 188 Å². The first-order valence-corrected chi connectivity index (χ1v) is 18.2. The zero-order valence-electron chi connectivity index (χ0n) is 29.1. The van der Waals surface area contributed by atoms with Crippen LogP contribution in [0.15, 0.2) is 192 Å². The van der Waals surface area contributed by atoms with Gasteiger partial charge in [0.15, 0.2) is 11.4 Å². The first-order chi connectivity index (χ1) is 26.7. The molecule has 11 rings (SSSR count). The van der Waals surface area contributed by atoms with E-state index >= 15 is 0 Å². The molecule has 54 heavy (non-hydrogen) atoms. The van der Waals surface area contributed by atoms with E-state index in [1.165, 1.54) is 32.6 Å². The summed E-state index contributed by atoms with van der Waals surface area (Å²) in [5, 5.41) is 5.86. The van der Waals surface area contributed by atoms with Crippen LogP contribution in [0.3, 0.4) is 0 Å². The van der Waals surface area contributed by atoms with E-state index < -0.39 is 0 Å². The molecular formula is C50H31N3O. The standard InChI is InChI=1S/C50H31N3O/c1-3-12-32(13-4-1)34-16-11-17-39(29-34)47-49-48(52-50(51-47)33-14-5-2-6-15-33)43-31-38(25-27-46(43)54-49)35-22-23-37-30-40(26-24-36(37)28-35)53-44-20-9-7-18-41(44)42-19-8-10-21-45(42)53/h1-31H. The predicted octanol–water partition coefficient (Wildman–Crippen LogP) is 13.3. The van der Waals surface area contributed by atoms with Crippen molar-refractivity contribution in [2.24, 2.45) is 0 Å². The average molecular weight is 690 g/mol. The van der Waals surface area contributed by atoms with Gasteiger partial charge in [-0.05, 0) is 81.6 Å². The Morgan fingerprint density at radius 1 is 0.389 bits per heavy atom. The van der Waals surface area contributed by atoms with Gasteiger partial charge in [0, 0.05) is 33.0 Å². The van der Waals surface area contributed by atoms with Gasteiger partial charge < -0.3 is 8.98 Å². The van der Waals surface area contributed by atoms with Crippen molar-refractivity contribution in [1.29, 1.82) is 0 Å².